The van der Waals surface area contributed by atoms with Crippen LogP contribution in [0.25, 0.3) is 22.8 Å². The van der Waals surface area contributed by atoms with Crippen LogP contribution in [0.1, 0.15) is 5.69 Å². The molecule has 3 aromatic rings. The number of benzene rings is 2. The summed E-state index contributed by atoms with van der Waals surface area (Å²) in [5.41, 5.74) is 1.95. The molecule has 0 unspecified atom stereocenters. The second-order valence-electron chi connectivity index (χ2n) is 5.10. The number of aliphatic carboxylic acids is 1. The minimum Gasteiger partial charge on any atom is -0.481 e. The maximum Gasteiger partial charge on any atom is 0.309 e. The number of hydrogen-bond donors (Lipinski definition) is 1. The molecule has 122 valence electrons. The van der Waals surface area contributed by atoms with E-state index in [1.807, 2.05) is 30.5 Å². The van der Waals surface area contributed by atoms with Gasteiger partial charge in [-0.15, -0.1) is 11.8 Å². The van der Waals surface area contributed by atoms with E-state index in [2.05, 4.69) is 4.98 Å². The molecule has 24 heavy (non-hydrogen) atoms. The number of nitrogens with zero attached hydrogens (tertiary/aromatic N) is 1. The number of aromatic nitrogens is 1. The Bertz CT molecular complexity index is 857. The van der Waals surface area contributed by atoms with E-state index in [0.717, 1.165) is 16.0 Å². The Morgan fingerprint density at radius 1 is 1.12 bits per heavy atom. The topological polar surface area (TPSA) is 63.3 Å². The summed E-state index contributed by atoms with van der Waals surface area (Å²) < 4.78 is 5.88. The fraction of sp³-hybridized carbons (Fsp3) is 0.111. The molecule has 0 radical (unpaired) electrons. The molecule has 1 N–H and O–H groups in total. The third-order valence-electron chi connectivity index (χ3n) is 3.46. The Balaban J connectivity index is 2.04. The van der Waals surface area contributed by atoms with E-state index in [-0.39, 0.29) is 6.42 Å². The number of rotatable bonds is 5. The molecule has 0 aliphatic rings. The maximum absolute atomic E-state index is 11.1. The van der Waals surface area contributed by atoms with E-state index in [1.54, 1.807) is 36.0 Å². The lowest BCUT2D eigenvalue weighted by Crippen LogP contribution is -2.01. The third kappa shape index (κ3) is 3.63. The normalized spacial score (nSPS) is 10.8. The third-order valence-corrected chi connectivity index (χ3v) is 4.45. The van der Waals surface area contributed by atoms with Crippen molar-refractivity contribution in [3.05, 3.63) is 59.2 Å². The van der Waals surface area contributed by atoms with Crippen molar-refractivity contribution in [3.8, 4) is 22.8 Å². The summed E-state index contributed by atoms with van der Waals surface area (Å²) in [5.74, 6) is -0.0929. The van der Waals surface area contributed by atoms with E-state index in [9.17, 15) is 4.79 Å². The van der Waals surface area contributed by atoms with Gasteiger partial charge < -0.3 is 9.52 Å². The molecule has 6 heteroatoms. The van der Waals surface area contributed by atoms with Gasteiger partial charge in [0.05, 0.1) is 12.1 Å². The van der Waals surface area contributed by atoms with Crippen molar-refractivity contribution in [1.29, 1.82) is 0 Å². The Morgan fingerprint density at radius 3 is 2.33 bits per heavy atom. The summed E-state index contributed by atoms with van der Waals surface area (Å²) in [7, 11) is 0. The number of thioether (sulfide) groups is 1. The van der Waals surface area contributed by atoms with E-state index in [4.69, 9.17) is 21.1 Å². The van der Waals surface area contributed by atoms with Gasteiger partial charge in [-0.3, -0.25) is 4.79 Å². The summed E-state index contributed by atoms with van der Waals surface area (Å²) in [6.45, 7) is 0. The van der Waals surface area contributed by atoms with Gasteiger partial charge in [0, 0.05) is 21.0 Å². The molecule has 0 spiro atoms. The number of oxazole rings is 1. The highest BCUT2D eigenvalue weighted by Gasteiger charge is 2.18. The average molecular weight is 360 g/mol. The van der Waals surface area contributed by atoms with Crippen LogP contribution in [0.15, 0.2) is 57.8 Å². The number of halogens is 1. The smallest absolute Gasteiger partial charge is 0.309 e. The van der Waals surface area contributed by atoms with E-state index in [0.29, 0.717) is 22.4 Å². The SMILES string of the molecule is CSc1ccc(-c2nc(CC(=O)O)c(-c3ccc(Cl)cc3)o2)cc1. The van der Waals surface area contributed by atoms with Crippen molar-refractivity contribution >= 4 is 29.3 Å². The van der Waals surface area contributed by atoms with E-state index >= 15 is 0 Å². The molecule has 0 amide bonds. The van der Waals surface area contributed by atoms with Gasteiger partial charge in [0.2, 0.25) is 5.89 Å². The van der Waals surface area contributed by atoms with Crippen molar-refractivity contribution in [2.75, 3.05) is 6.26 Å². The minimum atomic E-state index is -0.956. The molecule has 1 aromatic heterocycles. The Labute approximate surface area is 148 Å². The number of hydrogen-bond acceptors (Lipinski definition) is 4. The maximum atomic E-state index is 11.1. The van der Waals surface area contributed by atoms with Crippen LogP contribution in [0.4, 0.5) is 0 Å². The quantitative estimate of drug-likeness (QED) is 0.648. The molecule has 0 aliphatic heterocycles. The van der Waals surface area contributed by atoms with Crippen molar-refractivity contribution in [1.82, 2.24) is 4.98 Å². The highest BCUT2D eigenvalue weighted by molar-refractivity contribution is 7.98. The van der Waals surface area contributed by atoms with Crippen molar-refractivity contribution in [2.24, 2.45) is 0 Å². The van der Waals surface area contributed by atoms with Gasteiger partial charge in [0.1, 0.15) is 0 Å². The lowest BCUT2D eigenvalue weighted by Gasteiger charge is -2.00. The zero-order valence-electron chi connectivity index (χ0n) is 12.8. The van der Waals surface area contributed by atoms with E-state index in [1.165, 1.54) is 0 Å². The monoisotopic (exact) mass is 359 g/mol. The van der Waals surface area contributed by atoms with Gasteiger partial charge in [-0.2, -0.15) is 0 Å². The molecule has 3 rings (SSSR count). The van der Waals surface area contributed by atoms with Gasteiger partial charge in [-0.1, -0.05) is 11.6 Å². The van der Waals surface area contributed by atoms with Gasteiger partial charge in [0.25, 0.3) is 0 Å². The van der Waals surface area contributed by atoms with Crippen molar-refractivity contribution < 1.29 is 14.3 Å². The average Bonchev–Trinajstić information content (AvgIpc) is 2.98. The lowest BCUT2D eigenvalue weighted by molar-refractivity contribution is -0.136. The fourth-order valence-electron chi connectivity index (χ4n) is 2.30. The van der Waals surface area contributed by atoms with Crippen LogP contribution in [0, 0.1) is 0 Å². The van der Waals surface area contributed by atoms with Gasteiger partial charge in [-0.05, 0) is 54.8 Å². The Morgan fingerprint density at radius 2 is 1.75 bits per heavy atom. The largest absolute Gasteiger partial charge is 0.481 e. The van der Waals surface area contributed by atoms with Gasteiger partial charge >= 0.3 is 5.97 Å². The second kappa shape index (κ2) is 7.11. The molecule has 0 saturated heterocycles. The van der Waals surface area contributed by atoms with Crippen LogP contribution in [0.5, 0.6) is 0 Å². The first-order chi connectivity index (χ1) is 11.6. The van der Waals surface area contributed by atoms with Crippen LogP contribution in [-0.4, -0.2) is 22.3 Å². The first-order valence-electron chi connectivity index (χ1n) is 7.18. The first kappa shape index (κ1) is 16.6. The minimum absolute atomic E-state index is 0.204. The number of carboxylic acids is 1. The molecule has 0 saturated carbocycles. The standard InChI is InChI=1S/C18H14ClNO3S/c1-24-14-8-4-12(5-9-14)18-20-15(10-16(21)22)17(23-18)11-2-6-13(19)7-3-11/h2-9H,10H2,1H3,(H,21,22). The molecular weight excluding hydrogens is 346 g/mol. The summed E-state index contributed by atoms with van der Waals surface area (Å²) in [6, 6.07) is 14.8. The van der Waals surface area contributed by atoms with Crippen LogP contribution < -0.4 is 0 Å². The lowest BCUT2D eigenvalue weighted by atomic mass is 10.1. The highest BCUT2D eigenvalue weighted by Crippen LogP contribution is 2.31. The Hall–Kier alpha value is -2.24. The van der Waals surface area contributed by atoms with Crippen LogP contribution in [0.2, 0.25) is 5.02 Å². The molecule has 4 nitrogen and oxygen atoms in total. The first-order valence-corrected chi connectivity index (χ1v) is 8.79. The number of carboxylic acid groups (broad SMARTS) is 1. The molecule has 0 bridgehead atoms. The molecule has 0 fully saturated rings. The van der Waals surface area contributed by atoms with Crippen molar-refractivity contribution in [2.45, 2.75) is 11.3 Å². The fourth-order valence-corrected chi connectivity index (χ4v) is 2.83. The van der Waals surface area contributed by atoms with Gasteiger partial charge in [0.15, 0.2) is 5.76 Å². The molecular formula is C18H14ClNO3S. The molecule has 0 atom stereocenters. The van der Waals surface area contributed by atoms with E-state index < -0.39 is 5.97 Å². The summed E-state index contributed by atoms with van der Waals surface area (Å²) in [6.07, 6.45) is 1.80. The summed E-state index contributed by atoms with van der Waals surface area (Å²) >= 11 is 7.56. The molecule has 2 aromatic carbocycles. The van der Waals surface area contributed by atoms with Crippen molar-refractivity contribution in [3.63, 3.8) is 0 Å². The predicted octanol–water partition coefficient (Wildman–Crippen LogP) is 5.01. The predicted molar refractivity (Wildman–Crippen MR) is 95.5 cm³/mol. The molecule has 1 heterocycles. The second-order valence-corrected chi connectivity index (χ2v) is 6.42. The number of carbonyl (C=O) groups is 1. The highest BCUT2D eigenvalue weighted by atomic mass is 35.5. The zero-order valence-corrected chi connectivity index (χ0v) is 14.4. The Kier molecular flexibility index (Phi) is 4.92. The summed E-state index contributed by atoms with van der Waals surface area (Å²) in [4.78, 5) is 16.7. The van der Waals surface area contributed by atoms with Gasteiger partial charge in [-0.25, -0.2) is 4.98 Å². The zero-order chi connectivity index (χ0) is 17.1. The van der Waals surface area contributed by atoms with Crippen LogP contribution in [-0.2, 0) is 11.2 Å². The van der Waals surface area contributed by atoms with Crippen LogP contribution in [0.3, 0.4) is 0 Å². The van der Waals surface area contributed by atoms with Crippen LogP contribution >= 0.6 is 23.4 Å². The molecule has 0 aliphatic carbocycles. The summed E-state index contributed by atoms with van der Waals surface area (Å²) in [5, 5.41) is 9.73.